The third kappa shape index (κ3) is 4.58. The van der Waals surface area contributed by atoms with Crippen molar-refractivity contribution in [1.29, 1.82) is 0 Å². The summed E-state index contributed by atoms with van der Waals surface area (Å²) < 4.78 is 0. The van der Waals surface area contributed by atoms with Gasteiger partial charge in [-0.3, -0.25) is 0 Å². The van der Waals surface area contributed by atoms with Gasteiger partial charge in [0.05, 0.1) is 12.1 Å². The van der Waals surface area contributed by atoms with Gasteiger partial charge in [0.1, 0.15) is 6.04 Å². The Morgan fingerprint density at radius 3 is 2.24 bits per heavy atom. The summed E-state index contributed by atoms with van der Waals surface area (Å²) in [5, 5.41) is 28.8. The highest BCUT2D eigenvalue weighted by molar-refractivity contribution is 5.82. The van der Waals surface area contributed by atoms with Crippen LogP contribution in [0.3, 0.4) is 0 Å². The molecule has 17 heavy (non-hydrogen) atoms. The number of hydrogen-bond acceptors (Lipinski definition) is 4. The van der Waals surface area contributed by atoms with E-state index in [9.17, 15) is 9.59 Å². The molecule has 0 aliphatic carbocycles. The third-order valence-corrected chi connectivity index (χ3v) is 2.61. The Kier molecular flexibility index (Phi) is 5.90. The highest BCUT2D eigenvalue weighted by atomic mass is 16.4. The summed E-state index contributed by atoms with van der Waals surface area (Å²) in [6, 6.07) is -1.74. The first-order valence-electron chi connectivity index (χ1n) is 5.25. The maximum atomic E-state index is 11.7. The maximum absolute atomic E-state index is 11.7. The van der Waals surface area contributed by atoms with Crippen LogP contribution < -0.4 is 5.32 Å². The van der Waals surface area contributed by atoms with Crippen LogP contribution in [0.2, 0.25) is 0 Å². The van der Waals surface area contributed by atoms with Gasteiger partial charge in [-0.1, -0.05) is 0 Å². The molecule has 0 saturated heterocycles. The predicted molar refractivity (Wildman–Crippen MR) is 60.6 cm³/mol. The SMILES string of the molecule is CN(C(=O)N[C@@H](CCO)C(=O)O)C(C)(C)CO. The van der Waals surface area contributed by atoms with Crippen molar-refractivity contribution in [2.24, 2.45) is 0 Å². The average Bonchev–Trinajstić information content (AvgIpc) is 2.27. The zero-order chi connectivity index (χ0) is 13.6. The Hall–Kier alpha value is -1.34. The molecule has 0 fully saturated rings. The van der Waals surface area contributed by atoms with Gasteiger partial charge in [0.15, 0.2) is 0 Å². The lowest BCUT2D eigenvalue weighted by molar-refractivity contribution is -0.139. The molecule has 0 bridgehead atoms. The quantitative estimate of drug-likeness (QED) is 0.493. The Labute approximate surface area is 100 Å². The fourth-order valence-electron chi connectivity index (χ4n) is 1.01. The number of aliphatic hydroxyl groups is 2. The van der Waals surface area contributed by atoms with Gasteiger partial charge in [0, 0.05) is 20.1 Å². The van der Waals surface area contributed by atoms with Gasteiger partial charge in [-0.25, -0.2) is 9.59 Å². The first-order chi connectivity index (χ1) is 7.76. The van der Waals surface area contributed by atoms with E-state index in [4.69, 9.17) is 15.3 Å². The van der Waals surface area contributed by atoms with Crippen LogP contribution >= 0.6 is 0 Å². The van der Waals surface area contributed by atoms with Gasteiger partial charge >= 0.3 is 12.0 Å². The normalized spacial score (nSPS) is 13.0. The first kappa shape index (κ1) is 15.7. The number of aliphatic hydroxyl groups excluding tert-OH is 2. The van der Waals surface area contributed by atoms with Gasteiger partial charge < -0.3 is 25.5 Å². The number of carbonyl (C=O) groups is 2. The van der Waals surface area contributed by atoms with Crippen molar-refractivity contribution in [3.63, 3.8) is 0 Å². The predicted octanol–water partition coefficient (Wildman–Crippen LogP) is -0.766. The van der Waals surface area contributed by atoms with Gasteiger partial charge in [0.25, 0.3) is 0 Å². The van der Waals surface area contributed by atoms with Gasteiger partial charge in [-0.05, 0) is 13.8 Å². The molecule has 7 nitrogen and oxygen atoms in total. The summed E-state index contributed by atoms with van der Waals surface area (Å²) in [7, 11) is 1.46. The second-order valence-corrected chi connectivity index (χ2v) is 4.38. The highest BCUT2D eigenvalue weighted by Crippen LogP contribution is 2.11. The Morgan fingerprint density at radius 1 is 1.35 bits per heavy atom. The van der Waals surface area contributed by atoms with Crippen molar-refractivity contribution in [1.82, 2.24) is 10.2 Å². The Balaban J connectivity index is 4.56. The number of likely N-dealkylation sites (N-methyl/N-ethyl adjacent to an activating group) is 1. The van der Waals surface area contributed by atoms with E-state index >= 15 is 0 Å². The van der Waals surface area contributed by atoms with Crippen LogP contribution in [0, 0.1) is 0 Å². The average molecular weight is 248 g/mol. The van der Waals surface area contributed by atoms with Crippen LogP contribution in [0.1, 0.15) is 20.3 Å². The van der Waals surface area contributed by atoms with Crippen LogP contribution in [0.4, 0.5) is 4.79 Å². The van der Waals surface area contributed by atoms with Crippen molar-refractivity contribution in [3.05, 3.63) is 0 Å². The van der Waals surface area contributed by atoms with Crippen LogP contribution in [0.5, 0.6) is 0 Å². The molecule has 0 aromatic rings. The molecule has 0 rings (SSSR count). The van der Waals surface area contributed by atoms with Crippen molar-refractivity contribution < 1.29 is 24.9 Å². The summed E-state index contributed by atoms with van der Waals surface area (Å²) in [5.41, 5.74) is -0.785. The van der Waals surface area contributed by atoms with E-state index in [-0.39, 0.29) is 19.6 Å². The van der Waals surface area contributed by atoms with E-state index in [1.54, 1.807) is 13.8 Å². The molecule has 0 radical (unpaired) electrons. The summed E-state index contributed by atoms with van der Waals surface area (Å²) >= 11 is 0. The zero-order valence-electron chi connectivity index (χ0n) is 10.3. The summed E-state index contributed by atoms with van der Waals surface area (Å²) in [5.74, 6) is -1.21. The molecule has 0 unspecified atom stereocenters. The summed E-state index contributed by atoms with van der Waals surface area (Å²) in [6.07, 6.45) is -0.0610. The molecule has 1 atom stereocenters. The third-order valence-electron chi connectivity index (χ3n) is 2.61. The lowest BCUT2D eigenvalue weighted by Crippen LogP contribution is -2.55. The Morgan fingerprint density at radius 2 is 1.88 bits per heavy atom. The van der Waals surface area contributed by atoms with Crippen LogP contribution in [0.25, 0.3) is 0 Å². The molecule has 2 amide bonds. The van der Waals surface area contributed by atoms with Crippen molar-refractivity contribution in [2.45, 2.75) is 31.8 Å². The second kappa shape index (κ2) is 6.41. The van der Waals surface area contributed by atoms with Gasteiger partial charge in [0.2, 0.25) is 0 Å². The molecule has 7 heteroatoms. The minimum absolute atomic E-state index is 0.0610. The molecule has 0 aromatic heterocycles. The van der Waals surface area contributed by atoms with Crippen molar-refractivity contribution in [3.8, 4) is 0 Å². The van der Waals surface area contributed by atoms with Gasteiger partial charge in [-0.2, -0.15) is 0 Å². The zero-order valence-corrected chi connectivity index (χ0v) is 10.3. The fourth-order valence-corrected chi connectivity index (χ4v) is 1.01. The second-order valence-electron chi connectivity index (χ2n) is 4.38. The molecular formula is C10H20N2O5. The smallest absolute Gasteiger partial charge is 0.326 e. The highest BCUT2D eigenvalue weighted by Gasteiger charge is 2.29. The van der Waals surface area contributed by atoms with E-state index in [0.29, 0.717) is 0 Å². The fraction of sp³-hybridized carbons (Fsp3) is 0.800. The molecule has 0 heterocycles. The minimum Gasteiger partial charge on any atom is -0.480 e. The molecule has 0 aliphatic rings. The lowest BCUT2D eigenvalue weighted by Gasteiger charge is -2.34. The number of hydrogen-bond donors (Lipinski definition) is 4. The van der Waals surface area contributed by atoms with E-state index in [1.807, 2.05) is 0 Å². The minimum atomic E-state index is -1.21. The Bertz CT molecular complexity index is 280. The number of carbonyl (C=O) groups excluding carboxylic acids is 1. The molecule has 0 spiro atoms. The van der Waals surface area contributed by atoms with E-state index in [0.717, 1.165) is 0 Å². The summed E-state index contributed by atoms with van der Waals surface area (Å²) in [6.45, 7) is 2.72. The largest absolute Gasteiger partial charge is 0.480 e. The number of nitrogens with one attached hydrogen (secondary N) is 1. The topological polar surface area (TPSA) is 110 Å². The number of urea groups is 1. The number of nitrogens with zero attached hydrogens (tertiary/aromatic N) is 1. The summed E-state index contributed by atoms with van der Waals surface area (Å²) in [4.78, 5) is 23.7. The van der Waals surface area contributed by atoms with Crippen LogP contribution in [0.15, 0.2) is 0 Å². The standard InChI is InChI=1S/C10H20N2O5/c1-10(2,6-14)12(3)9(17)11-7(4-5-13)8(15)16/h7,13-14H,4-6H2,1-3H3,(H,11,17)(H,15,16)/t7-/m0/s1. The maximum Gasteiger partial charge on any atom is 0.326 e. The first-order valence-corrected chi connectivity index (χ1v) is 5.25. The van der Waals surface area contributed by atoms with Crippen LogP contribution in [-0.4, -0.2) is 64.1 Å². The molecule has 0 aromatic carbocycles. The number of carboxylic acid groups (broad SMARTS) is 1. The van der Waals surface area contributed by atoms with Gasteiger partial charge in [-0.15, -0.1) is 0 Å². The van der Waals surface area contributed by atoms with E-state index in [2.05, 4.69) is 5.32 Å². The number of aliphatic carboxylic acids is 1. The number of amides is 2. The molecular weight excluding hydrogens is 228 g/mol. The molecule has 4 N–H and O–H groups in total. The monoisotopic (exact) mass is 248 g/mol. The van der Waals surface area contributed by atoms with E-state index in [1.165, 1.54) is 11.9 Å². The number of rotatable bonds is 6. The lowest BCUT2D eigenvalue weighted by atomic mass is 10.1. The van der Waals surface area contributed by atoms with Crippen LogP contribution in [-0.2, 0) is 4.79 Å². The number of carboxylic acids is 1. The molecule has 0 aliphatic heterocycles. The van der Waals surface area contributed by atoms with E-state index < -0.39 is 23.6 Å². The van der Waals surface area contributed by atoms with Crippen molar-refractivity contribution in [2.75, 3.05) is 20.3 Å². The molecule has 100 valence electrons. The molecule has 0 saturated carbocycles. The van der Waals surface area contributed by atoms with Crippen molar-refractivity contribution >= 4 is 12.0 Å².